The average Bonchev–Trinajstić information content (AvgIpc) is 3.61. The van der Waals surface area contributed by atoms with Crippen LogP contribution >= 0.6 is 0 Å². The molecule has 0 unspecified atom stereocenters. The van der Waals surface area contributed by atoms with Crippen LogP contribution in [0.5, 0.6) is 0 Å². The zero-order valence-electron chi connectivity index (χ0n) is 21.9. The van der Waals surface area contributed by atoms with Crippen molar-refractivity contribution < 1.29 is 0 Å². The van der Waals surface area contributed by atoms with Gasteiger partial charge in [-0.05, 0) is 46.5 Å². The fourth-order valence-corrected chi connectivity index (χ4v) is 5.44. The summed E-state index contributed by atoms with van der Waals surface area (Å²) in [6.07, 6.45) is 6.50. The molecule has 0 saturated heterocycles. The minimum Gasteiger partial charge on any atom is -0.342 e. The van der Waals surface area contributed by atoms with Crippen LogP contribution in [0.1, 0.15) is 45.0 Å². The van der Waals surface area contributed by atoms with E-state index < -0.39 is 0 Å². The Hall–Kier alpha value is -4.45. The van der Waals surface area contributed by atoms with Crippen LogP contribution < -0.4 is 0 Å². The number of aliphatic imine (C=N–C) groups is 1. The molecular weight excluding hydrogens is 468 g/mol. The Kier molecular flexibility index (Phi) is 5.11. The normalized spacial score (nSPS) is 13.3. The van der Waals surface area contributed by atoms with Gasteiger partial charge >= 0.3 is 0 Å². The van der Waals surface area contributed by atoms with Crippen molar-refractivity contribution in [3.05, 3.63) is 78.5 Å². The smallest absolute Gasteiger partial charge is 0.109 e. The van der Waals surface area contributed by atoms with E-state index in [4.69, 9.17) is 9.98 Å². The molecule has 186 valence electrons. The molecule has 7 rings (SSSR count). The molecule has 38 heavy (non-hydrogen) atoms. The lowest BCUT2D eigenvalue weighted by atomic mass is 9.92. The second-order valence-corrected chi connectivity index (χ2v) is 10.8. The Morgan fingerprint density at radius 3 is 2.34 bits per heavy atom. The van der Waals surface area contributed by atoms with Crippen molar-refractivity contribution in [3.63, 3.8) is 0 Å². The molecule has 6 aromatic rings. The van der Waals surface area contributed by atoms with Crippen molar-refractivity contribution >= 4 is 43.8 Å². The Labute approximate surface area is 220 Å². The molecule has 0 radical (unpaired) electrons. The first-order chi connectivity index (χ1) is 18.5. The minimum atomic E-state index is 0.366. The third-order valence-electron chi connectivity index (χ3n) is 7.62. The van der Waals surface area contributed by atoms with Gasteiger partial charge in [0, 0.05) is 45.3 Å². The van der Waals surface area contributed by atoms with Gasteiger partial charge in [0.05, 0.1) is 41.2 Å². The summed E-state index contributed by atoms with van der Waals surface area (Å²) in [6, 6.07) is 17.3. The highest BCUT2D eigenvalue weighted by atomic mass is 15.1. The van der Waals surface area contributed by atoms with Gasteiger partial charge in [-0.2, -0.15) is 10.2 Å². The lowest BCUT2D eigenvalue weighted by Crippen LogP contribution is -2.06. The predicted molar refractivity (Wildman–Crippen MR) is 155 cm³/mol. The first-order valence-corrected chi connectivity index (χ1v) is 13.2. The highest BCUT2D eigenvalue weighted by Crippen LogP contribution is 2.43. The third-order valence-corrected chi connectivity index (χ3v) is 7.62. The van der Waals surface area contributed by atoms with Gasteiger partial charge < -0.3 is 4.98 Å². The molecule has 6 nitrogen and oxygen atoms in total. The van der Waals surface area contributed by atoms with Crippen LogP contribution in [0.2, 0.25) is 0 Å². The summed E-state index contributed by atoms with van der Waals surface area (Å²) in [5.41, 5.74) is 8.70. The van der Waals surface area contributed by atoms with E-state index in [1.165, 1.54) is 22.0 Å². The van der Waals surface area contributed by atoms with E-state index in [1.54, 1.807) is 0 Å². The van der Waals surface area contributed by atoms with Crippen LogP contribution in [0, 0.1) is 5.92 Å². The lowest BCUT2D eigenvalue weighted by Gasteiger charge is -2.12. The SMILES string of the molecule is CC(C)C1=Nc2c(c3ccc(-c4ccc5cc(-c6cnc(C(C)C)[nH]6)ccc5n4)cc3c3cnncc23)C1. The molecule has 1 aliphatic rings. The number of nitrogens with zero attached hydrogens (tertiary/aromatic N) is 5. The third kappa shape index (κ3) is 3.59. The van der Waals surface area contributed by atoms with E-state index in [1.807, 2.05) is 18.6 Å². The summed E-state index contributed by atoms with van der Waals surface area (Å²) in [5.74, 6) is 1.78. The molecule has 0 amide bonds. The van der Waals surface area contributed by atoms with Gasteiger partial charge in [0.1, 0.15) is 5.82 Å². The van der Waals surface area contributed by atoms with Crippen LogP contribution in [0.3, 0.4) is 0 Å². The zero-order chi connectivity index (χ0) is 26.0. The Balaban J connectivity index is 1.32. The standard InChI is InChI=1S/C32H28N6/c1-17(2)29-13-24-22-8-5-21(12-23(22)25-14-34-35-15-26(25)31(24)37-29)28-9-6-19-11-20(7-10-27(19)36-28)30-16-33-32(38-30)18(3)4/h5-12,14-18H,13H2,1-4H3,(H,33,38). The van der Waals surface area contributed by atoms with Gasteiger partial charge in [0.2, 0.25) is 0 Å². The number of benzene rings is 3. The van der Waals surface area contributed by atoms with E-state index in [-0.39, 0.29) is 0 Å². The van der Waals surface area contributed by atoms with Crippen LogP contribution in [-0.2, 0) is 6.42 Å². The van der Waals surface area contributed by atoms with Crippen molar-refractivity contribution in [1.82, 2.24) is 25.1 Å². The highest BCUT2D eigenvalue weighted by Gasteiger charge is 2.23. The molecule has 0 atom stereocenters. The summed E-state index contributed by atoms with van der Waals surface area (Å²) in [7, 11) is 0. The quantitative estimate of drug-likeness (QED) is 0.253. The molecule has 0 saturated carbocycles. The molecule has 3 aromatic carbocycles. The number of hydrogen-bond donors (Lipinski definition) is 1. The number of aromatic amines is 1. The number of hydrogen-bond acceptors (Lipinski definition) is 5. The molecule has 1 aliphatic heterocycles. The maximum atomic E-state index is 5.03. The maximum absolute atomic E-state index is 5.03. The van der Waals surface area contributed by atoms with Crippen LogP contribution in [0.25, 0.3) is 55.0 Å². The first kappa shape index (κ1) is 22.7. The topological polar surface area (TPSA) is 79.7 Å². The molecular formula is C32H28N6. The van der Waals surface area contributed by atoms with Crippen molar-refractivity contribution in [1.29, 1.82) is 0 Å². The summed E-state index contributed by atoms with van der Waals surface area (Å²) >= 11 is 0. The Morgan fingerprint density at radius 2 is 1.55 bits per heavy atom. The van der Waals surface area contributed by atoms with Gasteiger partial charge in [-0.3, -0.25) is 4.99 Å². The fraction of sp³-hybridized carbons (Fsp3) is 0.219. The van der Waals surface area contributed by atoms with Crippen molar-refractivity contribution in [3.8, 4) is 22.5 Å². The molecule has 0 bridgehead atoms. The number of rotatable bonds is 4. The molecule has 1 N–H and O–H groups in total. The van der Waals surface area contributed by atoms with Gasteiger partial charge in [-0.15, -0.1) is 0 Å². The second kappa shape index (κ2) is 8.55. The van der Waals surface area contributed by atoms with E-state index in [0.29, 0.717) is 11.8 Å². The lowest BCUT2D eigenvalue weighted by molar-refractivity contribution is 0.795. The highest BCUT2D eigenvalue weighted by molar-refractivity contribution is 6.18. The Bertz CT molecular complexity index is 1910. The monoisotopic (exact) mass is 496 g/mol. The summed E-state index contributed by atoms with van der Waals surface area (Å²) < 4.78 is 0. The van der Waals surface area contributed by atoms with Crippen LogP contribution in [-0.4, -0.2) is 30.9 Å². The summed E-state index contributed by atoms with van der Waals surface area (Å²) in [5, 5.41) is 14.0. The molecule has 6 heteroatoms. The van der Waals surface area contributed by atoms with E-state index in [0.717, 1.165) is 62.1 Å². The maximum Gasteiger partial charge on any atom is 0.109 e. The number of imidazole rings is 1. The molecule has 0 aliphatic carbocycles. The van der Waals surface area contributed by atoms with Crippen molar-refractivity contribution in [2.24, 2.45) is 10.9 Å². The number of pyridine rings is 1. The van der Waals surface area contributed by atoms with Crippen molar-refractivity contribution in [2.75, 3.05) is 0 Å². The Morgan fingerprint density at radius 1 is 0.737 bits per heavy atom. The zero-order valence-corrected chi connectivity index (χ0v) is 21.9. The van der Waals surface area contributed by atoms with Crippen LogP contribution in [0.15, 0.2) is 72.1 Å². The summed E-state index contributed by atoms with van der Waals surface area (Å²) in [4.78, 5) is 18.0. The molecule has 3 aromatic heterocycles. The largest absolute Gasteiger partial charge is 0.342 e. The van der Waals surface area contributed by atoms with Gasteiger partial charge in [-0.1, -0.05) is 52.0 Å². The van der Waals surface area contributed by atoms with E-state index >= 15 is 0 Å². The van der Waals surface area contributed by atoms with E-state index in [9.17, 15) is 0 Å². The van der Waals surface area contributed by atoms with Gasteiger partial charge in [0.15, 0.2) is 0 Å². The fourth-order valence-electron chi connectivity index (χ4n) is 5.44. The molecule has 0 spiro atoms. The molecule has 0 fully saturated rings. The number of nitrogens with one attached hydrogen (secondary N) is 1. The number of H-pyrrole nitrogens is 1. The summed E-state index contributed by atoms with van der Waals surface area (Å²) in [6.45, 7) is 8.70. The van der Waals surface area contributed by atoms with Gasteiger partial charge in [0.25, 0.3) is 0 Å². The number of fused-ring (bicyclic) bond motifs is 7. The second-order valence-electron chi connectivity index (χ2n) is 10.8. The average molecular weight is 497 g/mol. The minimum absolute atomic E-state index is 0.366. The van der Waals surface area contributed by atoms with E-state index in [2.05, 4.69) is 96.4 Å². The first-order valence-electron chi connectivity index (χ1n) is 13.2. The van der Waals surface area contributed by atoms with Crippen LogP contribution in [0.4, 0.5) is 5.69 Å². The molecule has 4 heterocycles. The van der Waals surface area contributed by atoms with Crippen molar-refractivity contribution in [2.45, 2.75) is 40.0 Å². The van der Waals surface area contributed by atoms with Gasteiger partial charge in [-0.25, -0.2) is 9.97 Å². The predicted octanol–water partition coefficient (Wildman–Crippen LogP) is 7.80. The number of aromatic nitrogens is 5.